The molecular formula is C16H18FNO2. The highest BCUT2D eigenvalue weighted by Gasteiger charge is 2.19. The molecule has 0 saturated carbocycles. The number of fused-ring (bicyclic) bond motifs is 1. The average Bonchev–Trinajstić information content (AvgIpc) is 2.83. The van der Waals surface area contributed by atoms with Gasteiger partial charge in [-0.2, -0.15) is 0 Å². The summed E-state index contributed by atoms with van der Waals surface area (Å²) >= 11 is 0. The SMILES string of the molecule is COc1ccc(Cn2cc3c(c2)C(O)CCC3)cc1F. The van der Waals surface area contributed by atoms with Crippen LogP contribution in [0.1, 0.15) is 35.6 Å². The van der Waals surface area contributed by atoms with Gasteiger partial charge in [-0.1, -0.05) is 6.07 Å². The van der Waals surface area contributed by atoms with E-state index in [4.69, 9.17) is 4.74 Å². The van der Waals surface area contributed by atoms with E-state index in [0.717, 1.165) is 30.4 Å². The lowest BCUT2D eigenvalue weighted by Crippen LogP contribution is -2.05. The Morgan fingerprint density at radius 2 is 2.25 bits per heavy atom. The molecule has 1 atom stereocenters. The third-order valence-electron chi connectivity index (χ3n) is 3.86. The van der Waals surface area contributed by atoms with Gasteiger partial charge in [-0.25, -0.2) is 4.39 Å². The molecule has 0 bridgehead atoms. The van der Waals surface area contributed by atoms with Crippen LogP contribution in [0, 0.1) is 5.82 Å². The van der Waals surface area contributed by atoms with E-state index < -0.39 is 0 Å². The molecule has 1 heterocycles. The standard InChI is InChI=1S/C16H18FNO2/c1-20-16-6-5-11(7-14(16)17)8-18-9-12-3-2-4-15(19)13(12)10-18/h5-7,9-10,15,19H,2-4,8H2,1H3. The zero-order valence-electron chi connectivity index (χ0n) is 11.5. The van der Waals surface area contributed by atoms with Crippen molar-refractivity contribution >= 4 is 0 Å². The monoisotopic (exact) mass is 275 g/mol. The number of hydrogen-bond donors (Lipinski definition) is 1. The number of aromatic nitrogens is 1. The van der Waals surface area contributed by atoms with Gasteiger partial charge in [0.15, 0.2) is 11.6 Å². The van der Waals surface area contributed by atoms with Crippen LogP contribution in [-0.4, -0.2) is 16.8 Å². The molecule has 1 aliphatic rings. The highest BCUT2D eigenvalue weighted by Crippen LogP contribution is 2.30. The molecule has 1 aliphatic carbocycles. The lowest BCUT2D eigenvalue weighted by Gasteiger charge is -2.16. The molecule has 106 valence electrons. The van der Waals surface area contributed by atoms with Gasteiger partial charge in [0.2, 0.25) is 0 Å². The van der Waals surface area contributed by atoms with E-state index in [1.807, 2.05) is 16.8 Å². The number of hydrogen-bond acceptors (Lipinski definition) is 2. The fourth-order valence-electron chi connectivity index (χ4n) is 2.83. The van der Waals surface area contributed by atoms with Gasteiger partial charge in [0.1, 0.15) is 0 Å². The van der Waals surface area contributed by atoms with E-state index in [1.165, 1.54) is 18.7 Å². The van der Waals surface area contributed by atoms with Gasteiger partial charge in [0.05, 0.1) is 13.2 Å². The third kappa shape index (κ3) is 2.43. The van der Waals surface area contributed by atoms with E-state index in [1.54, 1.807) is 6.07 Å². The summed E-state index contributed by atoms with van der Waals surface area (Å²) in [6.07, 6.45) is 6.54. The van der Waals surface area contributed by atoms with E-state index in [0.29, 0.717) is 6.54 Å². The smallest absolute Gasteiger partial charge is 0.165 e. The van der Waals surface area contributed by atoms with E-state index in [-0.39, 0.29) is 17.7 Å². The van der Waals surface area contributed by atoms with Crippen LogP contribution in [0.15, 0.2) is 30.6 Å². The summed E-state index contributed by atoms with van der Waals surface area (Å²) in [6.45, 7) is 0.598. The summed E-state index contributed by atoms with van der Waals surface area (Å²) < 4.78 is 20.6. The molecule has 1 aromatic carbocycles. The predicted molar refractivity (Wildman–Crippen MR) is 74.4 cm³/mol. The maximum absolute atomic E-state index is 13.7. The molecule has 0 saturated heterocycles. The largest absolute Gasteiger partial charge is 0.494 e. The van der Waals surface area contributed by atoms with E-state index in [9.17, 15) is 9.50 Å². The number of nitrogens with zero attached hydrogens (tertiary/aromatic N) is 1. The molecule has 1 aromatic heterocycles. The van der Waals surface area contributed by atoms with Crippen molar-refractivity contribution < 1.29 is 14.2 Å². The molecule has 0 fully saturated rings. The summed E-state index contributed by atoms with van der Waals surface area (Å²) in [6, 6.07) is 4.99. The number of ether oxygens (including phenoxy) is 1. The van der Waals surface area contributed by atoms with Crippen LogP contribution < -0.4 is 4.74 Å². The summed E-state index contributed by atoms with van der Waals surface area (Å²) in [5, 5.41) is 9.96. The van der Waals surface area contributed by atoms with Gasteiger partial charge in [-0.15, -0.1) is 0 Å². The first-order valence-corrected chi connectivity index (χ1v) is 6.86. The summed E-state index contributed by atoms with van der Waals surface area (Å²) in [5.41, 5.74) is 3.10. The zero-order chi connectivity index (χ0) is 14.1. The van der Waals surface area contributed by atoms with Crippen molar-refractivity contribution in [1.29, 1.82) is 0 Å². The van der Waals surface area contributed by atoms with Crippen LogP contribution >= 0.6 is 0 Å². The first-order chi connectivity index (χ1) is 9.67. The predicted octanol–water partition coefficient (Wildman–Crippen LogP) is 3.05. The van der Waals surface area contributed by atoms with Crippen molar-refractivity contribution in [1.82, 2.24) is 4.57 Å². The first-order valence-electron chi connectivity index (χ1n) is 6.86. The lowest BCUT2D eigenvalue weighted by atomic mass is 9.93. The van der Waals surface area contributed by atoms with Crippen LogP contribution in [0.5, 0.6) is 5.75 Å². The zero-order valence-corrected chi connectivity index (χ0v) is 11.5. The van der Waals surface area contributed by atoms with Crippen molar-refractivity contribution in [2.24, 2.45) is 0 Å². The van der Waals surface area contributed by atoms with E-state index in [2.05, 4.69) is 6.20 Å². The highest BCUT2D eigenvalue weighted by molar-refractivity contribution is 5.32. The summed E-state index contributed by atoms with van der Waals surface area (Å²) in [5.74, 6) is -0.0853. The Labute approximate surface area is 117 Å². The minimum absolute atomic E-state index is 0.260. The highest BCUT2D eigenvalue weighted by atomic mass is 19.1. The van der Waals surface area contributed by atoms with Crippen LogP contribution in [-0.2, 0) is 13.0 Å². The second-order valence-corrected chi connectivity index (χ2v) is 5.29. The summed E-state index contributed by atoms with van der Waals surface area (Å²) in [4.78, 5) is 0. The Bertz CT molecular complexity index is 621. The normalized spacial score (nSPS) is 17.9. The number of halogens is 1. The quantitative estimate of drug-likeness (QED) is 0.934. The number of benzene rings is 1. The third-order valence-corrected chi connectivity index (χ3v) is 3.86. The number of aliphatic hydroxyl groups excluding tert-OH is 1. The van der Waals surface area contributed by atoms with Crippen LogP contribution in [0.25, 0.3) is 0 Å². The van der Waals surface area contributed by atoms with Gasteiger partial charge in [0, 0.05) is 24.5 Å². The number of methoxy groups -OCH3 is 1. The van der Waals surface area contributed by atoms with Gasteiger partial charge in [-0.05, 0) is 42.5 Å². The van der Waals surface area contributed by atoms with Crippen molar-refractivity contribution in [2.45, 2.75) is 31.9 Å². The van der Waals surface area contributed by atoms with Gasteiger partial charge >= 0.3 is 0 Å². The second-order valence-electron chi connectivity index (χ2n) is 5.29. The summed E-state index contributed by atoms with van der Waals surface area (Å²) in [7, 11) is 1.46. The van der Waals surface area contributed by atoms with Crippen molar-refractivity contribution in [3.63, 3.8) is 0 Å². The number of aryl methyl sites for hydroxylation is 1. The fourth-order valence-corrected chi connectivity index (χ4v) is 2.83. The molecule has 3 nitrogen and oxygen atoms in total. The van der Waals surface area contributed by atoms with Gasteiger partial charge < -0.3 is 14.4 Å². The average molecular weight is 275 g/mol. The molecule has 4 heteroatoms. The fraction of sp³-hybridized carbons (Fsp3) is 0.375. The Morgan fingerprint density at radius 3 is 2.95 bits per heavy atom. The minimum atomic E-state index is -0.354. The van der Waals surface area contributed by atoms with Gasteiger partial charge in [-0.3, -0.25) is 0 Å². The van der Waals surface area contributed by atoms with Crippen molar-refractivity contribution in [3.05, 3.63) is 53.1 Å². The molecule has 20 heavy (non-hydrogen) atoms. The lowest BCUT2D eigenvalue weighted by molar-refractivity contribution is 0.157. The Hall–Kier alpha value is -1.81. The minimum Gasteiger partial charge on any atom is -0.494 e. The molecule has 0 spiro atoms. The number of aliphatic hydroxyl groups is 1. The van der Waals surface area contributed by atoms with E-state index >= 15 is 0 Å². The maximum Gasteiger partial charge on any atom is 0.165 e. The molecule has 0 amide bonds. The molecule has 0 aliphatic heterocycles. The molecule has 1 N–H and O–H groups in total. The molecule has 1 unspecified atom stereocenters. The molecule has 3 rings (SSSR count). The van der Waals surface area contributed by atoms with Crippen LogP contribution in [0.4, 0.5) is 4.39 Å². The Balaban J connectivity index is 1.83. The maximum atomic E-state index is 13.7. The second kappa shape index (κ2) is 5.29. The van der Waals surface area contributed by atoms with Crippen LogP contribution in [0.2, 0.25) is 0 Å². The topological polar surface area (TPSA) is 34.4 Å². The first kappa shape index (κ1) is 13.2. The Kier molecular flexibility index (Phi) is 3.49. The van der Waals surface area contributed by atoms with Crippen LogP contribution in [0.3, 0.4) is 0 Å². The number of rotatable bonds is 3. The molecule has 0 radical (unpaired) electrons. The Morgan fingerprint density at radius 1 is 1.40 bits per heavy atom. The van der Waals surface area contributed by atoms with Crippen molar-refractivity contribution in [2.75, 3.05) is 7.11 Å². The molecular weight excluding hydrogens is 257 g/mol. The van der Waals surface area contributed by atoms with Crippen molar-refractivity contribution in [3.8, 4) is 5.75 Å². The molecule has 2 aromatic rings. The van der Waals surface area contributed by atoms with Gasteiger partial charge in [0.25, 0.3) is 0 Å².